The molecule has 478 valence electrons. The highest BCUT2D eigenvalue weighted by atomic mass is 79.9. The smallest absolute Gasteiger partial charge is 0.399 e. The van der Waals surface area contributed by atoms with Gasteiger partial charge >= 0.3 is 14.2 Å². The van der Waals surface area contributed by atoms with Gasteiger partial charge in [-0.15, -0.1) is 0 Å². The first-order valence-electron chi connectivity index (χ1n) is 30.6. The molecule has 0 spiro atoms. The van der Waals surface area contributed by atoms with Crippen LogP contribution in [-0.2, 0) is 25.0 Å². The van der Waals surface area contributed by atoms with Crippen molar-refractivity contribution in [2.45, 2.75) is 104 Å². The molecule has 2 aliphatic heterocycles. The number of anilines is 4. The summed E-state index contributed by atoms with van der Waals surface area (Å²) in [6.07, 6.45) is 8.61. The van der Waals surface area contributed by atoms with Crippen molar-refractivity contribution in [2.24, 2.45) is 0 Å². The van der Waals surface area contributed by atoms with Crippen molar-refractivity contribution in [1.82, 2.24) is 0 Å². The number of allylic oxidation sites excluding steroid dienone is 3. The van der Waals surface area contributed by atoms with Crippen molar-refractivity contribution in [3.8, 4) is 22.3 Å². The molecule has 8 N–H and O–H groups in total. The highest BCUT2D eigenvalue weighted by Crippen LogP contribution is 2.53. The molecule has 12 nitrogen and oxygen atoms in total. The van der Waals surface area contributed by atoms with Crippen LogP contribution in [0.25, 0.3) is 44.2 Å². The summed E-state index contributed by atoms with van der Waals surface area (Å²) in [6, 6.07) is 50.6. The van der Waals surface area contributed by atoms with Crippen molar-refractivity contribution < 1.29 is 37.8 Å². The Balaban J connectivity index is 0.000000163. The normalized spacial score (nSPS) is 16.6. The molecule has 2 heterocycles. The summed E-state index contributed by atoms with van der Waals surface area (Å²) < 4.78 is 27.9. The first kappa shape index (κ1) is 69.3. The van der Waals surface area contributed by atoms with E-state index in [2.05, 4.69) is 169 Å². The molecule has 2 fully saturated rings. The lowest BCUT2D eigenvalue weighted by atomic mass is 9.69. The maximum absolute atomic E-state index is 11.8. The molecule has 94 heavy (non-hydrogen) atoms. The number of aryl methyl sites for hydroxylation is 2. The van der Waals surface area contributed by atoms with Gasteiger partial charge in [-0.1, -0.05) is 149 Å². The van der Waals surface area contributed by atoms with Crippen molar-refractivity contribution in [3.05, 3.63) is 243 Å². The quantitative estimate of drug-likeness (QED) is 0.0573. The van der Waals surface area contributed by atoms with Gasteiger partial charge in [-0.3, -0.25) is 19.2 Å². The first-order valence-corrected chi connectivity index (χ1v) is 33.8. The molecular weight excluding hydrogens is 1440 g/mol. The zero-order chi connectivity index (χ0) is 67.9. The van der Waals surface area contributed by atoms with E-state index in [0.29, 0.717) is 42.1 Å². The van der Waals surface area contributed by atoms with E-state index in [1.165, 1.54) is 75.4 Å². The average Bonchev–Trinajstić information content (AvgIpc) is 0.944. The Labute approximate surface area is 584 Å². The summed E-state index contributed by atoms with van der Waals surface area (Å²) in [5.74, 6) is 0.0783. The lowest BCUT2D eigenvalue weighted by molar-refractivity contribution is 0.00578. The topological polar surface area (TPSA) is 209 Å². The molecule has 18 heteroatoms. The van der Waals surface area contributed by atoms with Crippen molar-refractivity contribution in [2.75, 3.05) is 22.9 Å². The third-order valence-corrected chi connectivity index (χ3v) is 21.6. The van der Waals surface area contributed by atoms with Crippen molar-refractivity contribution in [3.63, 3.8) is 0 Å². The SMILES string of the molecule is CC1(C)OB(c2cc(C=O)c(B3OC(C)(C)C(C)(C)O3)cc2C=O)OC1(C)C.Cc1cc(Br)c(C)cc1Br.Nc1ccc(C2=CC(c3ccc(N)cc3)C3=CCc4c(-c5ccc(N)cc5)cc(-c5ccc(N)cc5)c5ccc2c3c45)cc1.O=Cc1cc(Br)c(C=O)cc1Br. The molecule has 9 aromatic rings. The summed E-state index contributed by atoms with van der Waals surface area (Å²) in [5.41, 5.74) is 44.1. The fraction of sp³-hybridized carbons (Fsp3) is 0.211. The second-order valence-electron chi connectivity index (χ2n) is 25.8. The number of hydrogen-bond acceptors (Lipinski definition) is 12. The number of hydrogen-bond donors (Lipinski definition) is 4. The van der Waals surface area contributed by atoms with Crippen molar-refractivity contribution >= 4 is 159 Å². The number of carbonyl (C=O) groups is 4. The molecule has 1 atom stereocenters. The minimum absolute atomic E-state index is 0.0783. The van der Waals surface area contributed by atoms with Gasteiger partial charge in [-0.05, 0) is 249 Å². The van der Waals surface area contributed by atoms with E-state index in [4.69, 9.17) is 41.6 Å². The van der Waals surface area contributed by atoms with Crippen LogP contribution in [0.5, 0.6) is 0 Å². The molecule has 13 rings (SSSR count). The summed E-state index contributed by atoms with van der Waals surface area (Å²) in [6.45, 7) is 19.7. The number of halogens is 4. The van der Waals surface area contributed by atoms with Crippen LogP contribution in [0.1, 0.15) is 142 Å². The van der Waals surface area contributed by atoms with Gasteiger partial charge in [0.25, 0.3) is 0 Å². The zero-order valence-corrected chi connectivity index (χ0v) is 60.3. The monoisotopic (exact) mass is 1510 g/mol. The van der Waals surface area contributed by atoms with Gasteiger partial charge in [-0.2, -0.15) is 0 Å². The largest absolute Gasteiger partial charge is 0.495 e. The van der Waals surface area contributed by atoms with Crippen molar-refractivity contribution in [1.29, 1.82) is 0 Å². The maximum Gasteiger partial charge on any atom is 0.495 e. The molecule has 2 aliphatic carbocycles. The maximum atomic E-state index is 11.8. The molecule has 9 aromatic carbocycles. The number of rotatable bonds is 10. The summed E-state index contributed by atoms with van der Waals surface area (Å²) in [4.78, 5) is 44.6. The van der Waals surface area contributed by atoms with E-state index >= 15 is 0 Å². The van der Waals surface area contributed by atoms with Crippen LogP contribution in [0.15, 0.2) is 182 Å². The minimum Gasteiger partial charge on any atom is -0.399 e. The molecule has 1 unspecified atom stereocenters. The van der Waals surface area contributed by atoms with E-state index in [0.717, 1.165) is 71.0 Å². The molecule has 4 aliphatic rings. The number of carbonyl (C=O) groups excluding carboxylic acids is 4. The van der Waals surface area contributed by atoms with Gasteiger partial charge in [0.15, 0.2) is 12.6 Å². The molecule has 0 bridgehead atoms. The molecule has 0 amide bonds. The Bertz CT molecular complexity index is 4330. The van der Waals surface area contributed by atoms with E-state index in [-0.39, 0.29) is 5.92 Å². The predicted molar refractivity (Wildman–Crippen MR) is 399 cm³/mol. The molecular formula is C76H72B2Br4N4O8. The van der Waals surface area contributed by atoms with E-state index < -0.39 is 36.6 Å². The van der Waals surface area contributed by atoms with E-state index in [9.17, 15) is 19.2 Å². The van der Waals surface area contributed by atoms with Crippen LogP contribution in [0, 0.1) is 13.8 Å². The summed E-state index contributed by atoms with van der Waals surface area (Å²) in [5, 5.41) is 2.55. The Hall–Kier alpha value is -7.51. The Morgan fingerprint density at radius 1 is 0.436 bits per heavy atom. The van der Waals surface area contributed by atoms with E-state index in [1.807, 2.05) is 104 Å². The molecule has 0 radical (unpaired) electrons. The minimum atomic E-state index is -0.740. The molecule has 0 saturated carbocycles. The second-order valence-corrected chi connectivity index (χ2v) is 29.2. The Kier molecular flexibility index (Phi) is 20.4. The van der Waals surface area contributed by atoms with Gasteiger partial charge < -0.3 is 41.6 Å². The number of nitrogen functional groups attached to an aromatic ring is 4. The van der Waals surface area contributed by atoms with E-state index in [1.54, 1.807) is 24.3 Å². The predicted octanol–water partition coefficient (Wildman–Crippen LogP) is 17.2. The summed E-state index contributed by atoms with van der Waals surface area (Å²) in [7, 11) is -1.48. The van der Waals surface area contributed by atoms with Crippen LogP contribution in [0.4, 0.5) is 22.7 Å². The van der Waals surface area contributed by atoms with Gasteiger partial charge in [0.1, 0.15) is 12.6 Å². The number of aldehydes is 4. The Morgan fingerprint density at radius 2 is 0.819 bits per heavy atom. The lowest BCUT2D eigenvalue weighted by Gasteiger charge is -2.33. The van der Waals surface area contributed by atoms with Crippen LogP contribution in [0.3, 0.4) is 0 Å². The van der Waals surface area contributed by atoms with Crippen LogP contribution in [-0.4, -0.2) is 61.8 Å². The number of benzene rings is 9. The fourth-order valence-corrected chi connectivity index (χ4v) is 13.5. The van der Waals surface area contributed by atoms with Gasteiger partial charge in [0.2, 0.25) is 0 Å². The standard InChI is InChI=1S/C40H32N4.C20H28B2O6.C8H4Br2O2.C8H8Br2/c41-27-9-1-23(2-10-27)35-21-36(24-3-11-28(42)12-4-24)32-19-20-34-38(26-7-15-30(44)16-8-26)22-37(25-5-13-29(43)14-6-25)33-18-17-31(35)39(32)40(33)34;1-17(2)18(3,4)26-21(25-17)15-9-14(12-24)16(10-13(15)11-23)22-27-19(5,6)20(7,8)28-22;9-7-1-5(3-11)8(10)2-6(7)4-12;1-5-3-8(10)6(2)4-7(5)9/h1-19,21-22,36H,20,41-44H2;9-12H,1-8H3;1-4H;3-4H,1-2H3. The third-order valence-electron chi connectivity index (χ3n) is 18.5. The van der Waals surface area contributed by atoms with Crippen LogP contribution >= 0.6 is 63.7 Å². The zero-order valence-electron chi connectivity index (χ0n) is 53.9. The lowest BCUT2D eigenvalue weighted by Crippen LogP contribution is -2.43. The Morgan fingerprint density at radius 3 is 1.22 bits per heavy atom. The highest BCUT2D eigenvalue weighted by molar-refractivity contribution is 9.11. The first-order chi connectivity index (χ1) is 44.5. The van der Waals surface area contributed by atoms with Crippen LogP contribution in [0.2, 0.25) is 0 Å². The third kappa shape index (κ3) is 14.1. The fourth-order valence-electron chi connectivity index (χ4n) is 11.7. The van der Waals surface area contributed by atoms with Gasteiger partial charge in [0, 0.05) is 68.8 Å². The van der Waals surface area contributed by atoms with Gasteiger partial charge in [0.05, 0.1) is 22.4 Å². The molecule has 2 saturated heterocycles. The molecule has 0 aromatic heterocycles. The highest BCUT2D eigenvalue weighted by Gasteiger charge is 2.54. The van der Waals surface area contributed by atoms with Gasteiger partial charge in [-0.25, -0.2) is 0 Å². The van der Waals surface area contributed by atoms with Crippen LogP contribution < -0.4 is 33.9 Å². The summed E-state index contributed by atoms with van der Waals surface area (Å²) >= 11 is 13.3. The average molecular weight is 1510 g/mol. The number of nitrogens with two attached hydrogens (primary N) is 4. The second kappa shape index (κ2) is 27.7.